The standard InChI is InChI=1S/C28H39N5O6/c1-26(2,3)37-23(34)32-18-10-11-19(32)15-17(14-18)20-16-31-13-12-29-21(31)22(30-20)33(24(35)38-27(4,5)6)25(36)39-28(7,8)9/h12-14,16,18-19H,10-11,15H2,1-9H3/t18-,19+/m0/s1. The number of carbonyl (C=O) groups excluding carboxylic acids is 3. The van der Waals surface area contributed by atoms with E-state index >= 15 is 0 Å². The summed E-state index contributed by atoms with van der Waals surface area (Å²) in [7, 11) is 0. The van der Waals surface area contributed by atoms with Crippen molar-refractivity contribution in [2.45, 2.75) is 110 Å². The SMILES string of the molecule is CC(C)(C)OC(=O)N(C(=O)OC(C)(C)C)c1nc(C2=C[C@@H]3CC[C@H](C2)N3C(=O)OC(C)(C)C)cn2ccnc12. The summed E-state index contributed by atoms with van der Waals surface area (Å²) >= 11 is 0. The second kappa shape index (κ2) is 9.84. The van der Waals surface area contributed by atoms with Crippen molar-refractivity contribution < 1.29 is 28.6 Å². The summed E-state index contributed by atoms with van der Waals surface area (Å²) < 4.78 is 18.5. The van der Waals surface area contributed by atoms with Gasteiger partial charge in [0.2, 0.25) is 0 Å². The molecule has 0 N–H and O–H groups in total. The lowest BCUT2D eigenvalue weighted by Crippen LogP contribution is -2.45. The van der Waals surface area contributed by atoms with Crippen LogP contribution in [-0.2, 0) is 14.2 Å². The lowest BCUT2D eigenvalue weighted by molar-refractivity contribution is 0.0174. The van der Waals surface area contributed by atoms with Crippen LogP contribution < -0.4 is 4.90 Å². The number of anilines is 1. The number of amides is 3. The quantitative estimate of drug-likeness (QED) is 0.428. The number of aromatic nitrogens is 3. The van der Waals surface area contributed by atoms with Gasteiger partial charge in [0.1, 0.15) is 16.8 Å². The first-order valence-corrected chi connectivity index (χ1v) is 13.2. The zero-order valence-corrected chi connectivity index (χ0v) is 24.3. The van der Waals surface area contributed by atoms with Crippen LogP contribution in [0.25, 0.3) is 11.2 Å². The minimum atomic E-state index is -0.917. The van der Waals surface area contributed by atoms with Gasteiger partial charge in [-0.3, -0.25) is 4.90 Å². The Bertz CT molecular complexity index is 1280. The lowest BCUT2D eigenvalue weighted by Gasteiger charge is -2.35. The molecule has 11 heteroatoms. The Morgan fingerprint density at radius 1 is 0.897 bits per heavy atom. The molecule has 2 bridgehead atoms. The van der Waals surface area contributed by atoms with Gasteiger partial charge in [-0.2, -0.15) is 4.90 Å². The predicted molar refractivity (Wildman–Crippen MR) is 145 cm³/mol. The number of imide groups is 1. The summed E-state index contributed by atoms with van der Waals surface area (Å²) in [5.41, 5.74) is -0.546. The van der Waals surface area contributed by atoms with Gasteiger partial charge in [0.05, 0.1) is 11.7 Å². The average molecular weight is 542 g/mol. The van der Waals surface area contributed by atoms with E-state index in [9.17, 15) is 14.4 Å². The number of fused-ring (bicyclic) bond motifs is 3. The van der Waals surface area contributed by atoms with E-state index < -0.39 is 29.0 Å². The van der Waals surface area contributed by atoms with Crippen molar-refractivity contribution in [3.63, 3.8) is 0 Å². The maximum Gasteiger partial charge on any atom is 0.425 e. The molecule has 2 aromatic rings. The number of hydrogen-bond acceptors (Lipinski definition) is 8. The summed E-state index contributed by atoms with van der Waals surface area (Å²) in [6.07, 6.45) is 7.16. The second-order valence-electron chi connectivity index (χ2n) is 13.0. The predicted octanol–water partition coefficient (Wildman–Crippen LogP) is 5.96. The number of ether oxygens (including phenoxy) is 3. The van der Waals surface area contributed by atoms with E-state index in [0.717, 1.165) is 23.3 Å². The molecule has 0 spiro atoms. The minimum absolute atomic E-state index is 0.00354. The van der Waals surface area contributed by atoms with E-state index in [0.29, 0.717) is 17.8 Å². The van der Waals surface area contributed by atoms with Crippen molar-refractivity contribution in [1.29, 1.82) is 0 Å². The van der Waals surface area contributed by atoms with Crippen molar-refractivity contribution in [2.75, 3.05) is 4.90 Å². The summed E-state index contributed by atoms with van der Waals surface area (Å²) in [4.78, 5) is 51.3. The monoisotopic (exact) mass is 541 g/mol. The zero-order chi connectivity index (χ0) is 28.9. The molecule has 0 aromatic carbocycles. The van der Waals surface area contributed by atoms with Crippen molar-refractivity contribution in [1.82, 2.24) is 19.3 Å². The first-order chi connectivity index (χ1) is 17.9. The molecule has 2 aliphatic rings. The average Bonchev–Trinajstić information content (AvgIpc) is 3.32. The Hall–Kier alpha value is -3.63. The fraction of sp³-hybridized carbons (Fsp3) is 0.607. The van der Waals surface area contributed by atoms with Crippen LogP contribution in [0.3, 0.4) is 0 Å². The smallest absolute Gasteiger partial charge is 0.425 e. The molecule has 0 aliphatic carbocycles. The largest absolute Gasteiger partial charge is 0.444 e. The molecule has 11 nitrogen and oxygen atoms in total. The number of imidazole rings is 1. The highest BCUT2D eigenvalue weighted by molar-refractivity contribution is 6.11. The van der Waals surface area contributed by atoms with E-state index in [-0.39, 0.29) is 24.0 Å². The molecule has 2 atom stereocenters. The van der Waals surface area contributed by atoms with Crippen LogP contribution in [0.1, 0.15) is 87.3 Å². The van der Waals surface area contributed by atoms with Crippen LogP contribution in [0.15, 0.2) is 24.7 Å². The van der Waals surface area contributed by atoms with Gasteiger partial charge >= 0.3 is 18.3 Å². The van der Waals surface area contributed by atoms with Gasteiger partial charge < -0.3 is 18.6 Å². The minimum Gasteiger partial charge on any atom is -0.444 e. The van der Waals surface area contributed by atoms with Crippen molar-refractivity contribution in [3.05, 3.63) is 30.4 Å². The van der Waals surface area contributed by atoms with Crippen LogP contribution in [0, 0.1) is 0 Å². The first-order valence-electron chi connectivity index (χ1n) is 13.2. The Kier molecular flexibility index (Phi) is 7.16. The van der Waals surface area contributed by atoms with Gasteiger partial charge in [-0.1, -0.05) is 6.08 Å². The number of carbonyl (C=O) groups is 3. The van der Waals surface area contributed by atoms with Gasteiger partial charge in [-0.15, -0.1) is 0 Å². The molecule has 1 saturated heterocycles. The topological polar surface area (TPSA) is 116 Å². The summed E-state index contributed by atoms with van der Waals surface area (Å²) in [6.45, 7) is 15.8. The van der Waals surface area contributed by atoms with Gasteiger partial charge in [0.25, 0.3) is 0 Å². The highest BCUT2D eigenvalue weighted by atomic mass is 16.6. The zero-order valence-electron chi connectivity index (χ0n) is 24.3. The van der Waals surface area contributed by atoms with Crippen molar-refractivity contribution in [2.24, 2.45) is 0 Å². The van der Waals surface area contributed by atoms with Crippen LogP contribution in [0.4, 0.5) is 20.2 Å². The van der Waals surface area contributed by atoms with Gasteiger partial charge in [-0.25, -0.2) is 24.4 Å². The molecule has 0 saturated carbocycles. The molecule has 2 aliphatic heterocycles. The van der Waals surface area contributed by atoms with Crippen LogP contribution >= 0.6 is 0 Å². The Labute approximate surface area is 229 Å². The molecule has 3 amide bonds. The third kappa shape index (κ3) is 6.51. The molecule has 4 heterocycles. The summed E-state index contributed by atoms with van der Waals surface area (Å²) in [6, 6.07) is -0.174. The molecular weight excluding hydrogens is 502 g/mol. The van der Waals surface area contributed by atoms with Crippen LogP contribution in [0.2, 0.25) is 0 Å². The van der Waals surface area contributed by atoms with Gasteiger partial charge in [0, 0.05) is 24.6 Å². The molecule has 39 heavy (non-hydrogen) atoms. The van der Waals surface area contributed by atoms with Crippen molar-refractivity contribution in [3.8, 4) is 0 Å². The third-order valence-corrected chi connectivity index (χ3v) is 6.05. The summed E-state index contributed by atoms with van der Waals surface area (Å²) in [5, 5.41) is 0. The van der Waals surface area contributed by atoms with Crippen LogP contribution in [-0.4, -0.2) is 66.4 Å². The van der Waals surface area contributed by atoms with E-state index in [1.807, 2.05) is 33.0 Å². The second-order valence-corrected chi connectivity index (χ2v) is 13.0. The Morgan fingerprint density at radius 2 is 1.49 bits per heavy atom. The molecule has 2 aromatic heterocycles. The van der Waals surface area contributed by atoms with E-state index in [2.05, 4.69) is 4.98 Å². The van der Waals surface area contributed by atoms with Crippen molar-refractivity contribution >= 4 is 35.3 Å². The fourth-order valence-corrected chi connectivity index (χ4v) is 4.70. The molecule has 212 valence electrons. The number of rotatable bonds is 2. The maximum absolute atomic E-state index is 13.3. The number of hydrogen-bond donors (Lipinski definition) is 0. The summed E-state index contributed by atoms with van der Waals surface area (Å²) in [5.74, 6) is 0.00354. The van der Waals surface area contributed by atoms with E-state index in [1.165, 1.54) is 0 Å². The fourth-order valence-electron chi connectivity index (χ4n) is 4.70. The van der Waals surface area contributed by atoms with Crippen LogP contribution in [0.5, 0.6) is 0 Å². The van der Waals surface area contributed by atoms with Gasteiger partial charge in [0.15, 0.2) is 11.5 Å². The first kappa shape index (κ1) is 28.4. The molecular formula is C28H39N5O6. The third-order valence-electron chi connectivity index (χ3n) is 6.05. The maximum atomic E-state index is 13.3. The molecule has 0 radical (unpaired) electrons. The molecule has 4 rings (SSSR count). The number of nitrogens with zero attached hydrogens (tertiary/aromatic N) is 5. The normalized spacial score (nSPS) is 19.5. The Balaban J connectivity index is 1.76. The highest BCUT2D eigenvalue weighted by Gasteiger charge is 2.42. The van der Waals surface area contributed by atoms with E-state index in [4.69, 9.17) is 19.2 Å². The van der Waals surface area contributed by atoms with E-state index in [1.54, 1.807) is 63.2 Å². The molecule has 0 unspecified atom stereocenters. The van der Waals surface area contributed by atoms with Gasteiger partial charge in [-0.05, 0) is 87.1 Å². The lowest BCUT2D eigenvalue weighted by atomic mass is 9.99. The Morgan fingerprint density at radius 3 is 2.03 bits per heavy atom. The molecule has 1 fully saturated rings. The highest BCUT2D eigenvalue weighted by Crippen LogP contribution is 2.39.